The fourth-order valence-electron chi connectivity index (χ4n) is 1.13. The molecule has 0 amide bonds. The van der Waals surface area contributed by atoms with Crippen LogP contribution in [0.25, 0.3) is 0 Å². The van der Waals surface area contributed by atoms with E-state index in [0.29, 0.717) is 6.54 Å². The van der Waals surface area contributed by atoms with Crippen molar-refractivity contribution < 1.29 is 4.74 Å². The lowest BCUT2D eigenvalue weighted by Gasteiger charge is -2.21. The van der Waals surface area contributed by atoms with Gasteiger partial charge in [-0.2, -0.15) is 0 Å². The summed E-state index contributed by atoms with van der Waals surface area (Å²) in [6.07, 6.45) is 0. The molecule has 0 radical (unpaired) electrons. The number of nitrogens with two attached hydrogens (primary N) is 1. The van der Waals surface area contributed by atoms with E-state index in [1.807, 2.05) is 32.9 Å². The second-order valence-corrected chi connectivity index (χ2v) is 5.49. The van der Waals surface area contributed by atoms with Crippen molar-refractivity contribution in [2.75, 3.05) is 12.3 Å². The summed E-state index contributed by atoms with van der Waals surface area (Å²) in [4.78, 5) is 1.24. The smallest absolute Gasteiger partial charge is 0.120 e. The maximum absolute atomic E-state index is 5.73. The van der Waals surface area contributed by atoms with Crippen LogP contribution in [0, 0.1) is 0 Å². The van der Waals surface area contributed by atoms with Gasteiger partial charge >= 0.3 is 0 Å². The largest absolute Gasteiger partial charge is 0.488 e. The van der Waals surface area contributed by atoms with Crippen LogP contribution < -0.4 is 10.5 Å². The third kappa shape index (κ3) is 5.09. The van der Waals surface area contributed by atoms with E-state index in [0.717, 1.165) is 11.5 Å². The van der Waals surface area contributed by atoms with E-state index < -0.39 is 0 Å². The van der Waals surface area contributed by atoms with Gasteiger partial charge in [0.05, 0.1) is 0 Å². The first-order valence-corrected chi connectivity index (χ1v) is 6.12. The molecule has 1 rings (SSSR count). The third-order valence-corrected chi connectivity index (χ3v) is 2.68. The quantitative estimate of drug-likeness (QED) is 0.800. The SMILES string of the molecule is CC(C)(C)Oc1ccc(SCCN)cc1. The fourth-order valence-corrected chi connectivity index (χ4v) is 1.82. The Balaban J connectivity index is 2.56. The first-order valence-electron chi connectivity index (χ1n) is 5.13. The van der Waals surface area contributed by atoms with Crippen LogP contribution in [0.2, 0.25) is 0 Å². The molecule has 0 atom stereocenters. The van der Waals surface area contributed by atoms with Crippen molar-refractivity contribution in [1.29, 1.82) is 0 Å². The van der Waals surface area contributed by atoms with Crippen molar-refractivity contribution in [1.82, 2.24) is 0 Å². The third-order valence-electron chi connectivity index (χ3n) is 1.63. The average Bonchev–Trinajstić information content (AvgIpc) is 2.14. The van der Waals surface area contributed by atoms with Gasteiger partial charge in [-0.05, 0) is 45.0 Å². The molecule has 2 nitrogen and oxygen atoms in total. The highest BCUT2D eigenvalue weighted by molar-refractivity contribution is 7.99. The van der Waals surface area contributed by atoms with Gasteiger partial charge in [-0.15, -0.1) is 11.8 Å². The van der Waals surface area contributed by atoms with Gasteiger partial charge in [0.2, 0.25) is 0 Å². The van der Waals surface area contributed by atoms with Gasteiger partial charge in [0.15, 0.2) is 0 Å². The highest BCUT2D eigenvalue weighted by Crippen LogP contribution is 2.23. The molecule has 0 bridgehead atoms. The zero-order valence-corrected chi connectivity index (χ0v) is 10.4. The summed E-state index contributed by atoms with van der Waals surface area (Å²) in [6.45, 7) is 6.85. The van der Waals surface area contributed by atoms with Gasteiger partial charge in [-0.1, -0.05) is 0 Å². The normalized spacial score (nSPS) is 11.5. The zero-order valence-electron chi connectivity index (χ0n) is 9.62. The molecule has 0 aromatic heterocycles. The molecule has 0 aliphatic carbocycles. The van der Waals surface area contributed by atoms with Crippen molar-refractivity contribution in [2.24, 2.45) is 5.73 Å². The van der Waals surface area contributed by atoms with Crippen LogP contribution in [0.4, 0.5) is 0 Å². The molecule has 2 N–H and O–H groups in total. The predicted molar refractivity (Wildman–Crippen MR) is 66.6 cm³/mol. The lowest BCUT2D eigenvalue weighted by molar-refractivity contribution is 0.131. The van der Waals surface area contributed by atoms with Crippen LogP contribution in [0.1, 0.15) is 20.8 Å². The summed E-state index contributed by atoms with van der Waals surface area (Å²) in [5.41, 5.74) is 5.31. The van der Waals surface area contributed by atoms with Crippen molar-refractivity contribution in [3.05, 3.63) is 24.3 Å². The number of benzene rings is 1. The Kier molecular flexibility index (Phi) is 4.48. The van der Waals surface area contributed by atoms with E-state index in [-0.39, 0.29) is 5.60 Å². The lowest BCUT2D eigenvalue weighted by atomic mass is 10.2. The van der Waals surface area contributed by atoms with Gasteiger partial charge in [0, 0.05) is 17.2 Å². The molecular formula is C12H19NOS. The molecule has 1 aromatic carbocycles. The zero-order chi connectivity index (χ0) is 11.3. The van der Waals surface area contributed by atoms with E-state index in [1.165, 1.54) is 4.90 Å². The van der Waals surface area contributed by atoms with E-state index in [4.69, 9.17) is 10.5 Å². The van der Waals surface area contributed by atoms with Crippen LogP contribution >= 0.6 is 11.8 Å². The molecule has 0 saturated carbocycles. The molecule has 3 heteroatoms. The summed E-state index contributed by atoms with van der Waals surface area (Å²) in [7, 11) is 0. The number of thioether (sulfide) groups is 1. The fraction of sp³-hybridized carbons (Fsp3) is 0.500. The maximum atomic E-state index is 5.73. The summed E-state index contributed by atoms with van der Waals surface area (Å²) in [6, 6.07) is 8.15. The second-order valence-electron chi connectivity index (χ2n) is 4.32. The minimum Gasteiger partial charge on any atom is -0.488 e. The number of rotatable bonds is 4. The number of ether oxygens (including phenoxy) is 1. The molecule has 84 valence electrons. The van der Waals surface area contributed by atoms with Crippen molar-refractivity contribution in [3.8, 4) is 5.75 Å². The monoisotopic (exact) mass is 225 g/mol. The Bertz CT molecular complexity index is 289. The van der Waals surface area contributed by atoms with Crippen LogP contribution in [-0.4, -0.2) is 17.9 Å². The van der Waals surface area contributed by atoms with Gasteiger partial charge in [0.1, 0.15) is 11.4 Å². The first-order chi connectivity index (χ1) is 7.01. The first kappa shape index (κ1) is 12.4. The standard InChI is InChI=1S/C12H19NOS/c1-12(2,3)14-10-4-6-11(7-5-10)15-9-8-13/h4-7H,8-9,13H2,1-3H3. The lowest BCUT2D eigenvalue weighted by Crippen LogP contribution is -2.22. The van der Waals surface area contributed by atoms with Crippen molar-refractivity contribution >= 4 is 11.8 Å². The van der Waals surface area contributed by atoms with E-state index in [9.17, 15) is 0 Å². The molecule has 0 heterocycles. The Morgan fingerprint density at radius 1 is 1.20 bits per heavy atom. The molecule has 0 saturated heterocycles. The number of hydrogen-bond acceptors (Lipinski definition) is 3. The molecule has 0 fully saturated rings. The van der Waals surface area contributed by atoms with Crippen molar-refractivity contribution in [3.63, 3.8) is 0 Å². The van der Waals surface area contributed by atoms with E-state index in [1.54, 1.807) is 11.8 Å². The summed E-state index contributed by atoms with van der Waals surface area (Å²) < 4.78 is 5.73. The van der Waals surface area contributed by atoms with Crippen LogP contribution in [0.3, 0.4) is 0 Å². The van der Waals surface area contributed by atoms with Gasteiger partial charge < -0.3 is 10.5 Å². The minimum atomic E-state index is -0.133. The molecule has 0 aliphatic heterocycles. The summed E-state index contributed by atoms with van der Waals surface area (Å²) >= 11 is 1.77. The molecule has 0 unspecified atom stereocenters. The molecule has 0 aliphatic rings. The highest BCUT2D eigenvalue weighted by atomic mass is 32.2. The number of hydrogen-bond donors (Lipinski definition) is 1. The van der Waals surface area contributed by atoms with Crippen LogP contribution in [0.5, 0.6) is 5.75 Å². The van der Waals surface area contributed by atoms with Crippen LogP contribution in [0.15, 0.2) is 29.2 Å². The highest BCUT2D eigenvalue weighted by Gasteiger charge is 2.11. The van der Waals surface area contributed by atoms with Gasteiger partial charge in [-0.25, -0.2) is 0 Å². The Hall–Kier alpha value is -0.670. The Morgan fingerprint density at radius 3 is 2.27 bits per heavy atom. The Morgan fingerprint density at radius 2 is 1.80 bits per heavy atom. The molecule has 0 spiro atoms. The molecule has 1 aromatic rings. The van der Waals surface area contributed by atoms with Gasteiger partial charge in [0.25, 0.3) is 0 Å². The van der Waals surface area contributed by atoms with E-state index >= 15 is 0 Å². The topological polar surface area (TPSA) is 35.2 Å². The summed E-state index contributed by atoms with van der Waals surface area (Å²) in [5.74, 6) is 1.87. The minimum absolute atomic E-state index is 0.133. The van der Waals surface area contributed by atoms with Crippen LogP contribution in [-0.2, 0) is 0 Å². The summed E-state index contributed by atoms with van der Waals surface area (Å²) in [5, 5.41) is 0. The van der Waals surface area contributed by atoms with Gasteiger partial charge in [-0.3, -0.25) is 0 Å². The Labute approximate surface area is 96.2 Å². The van der Waals surface area contributed by atoms with E-state index in [2.05, 4.69) is 12.1 Å². The van der Waals surface area contributed by atoms with Crippen molar-refractivity contribution in [2.45, 2.75) is 31.3 Å². The second kappa shape index (κ2) is 5.42. The molecule has 15 heavy (non-hydrogen) atoms. The average molecular weight is 225 g/mol. The maximum Gasteiger partial charge on any atom is 0.120 e. The molecular weight excluding hydrogens is 206 g/mol. The predicted octanol–water partition coefficient (Wildman–Crippen LogP) is 2.91.